The van der Waals surface area contributed by atoms with Crippen LogP contribution in [0.5, 0.6) is 5.75 Å². The lowest BCUT2D eigenvalue weighted by atomic mass is 10.1. The van der Waals surface area contributed by atoms with Gasteiger partial charge in [0, 0.05) is 0 Å². The fourth-order valence-electron chi connectivity index (χ4n) is 3.00. The predicted octanol–water partition coefficient (Wildman–Crippen LogP) is 4.51. The molecule has 2 amide bonds. The lowest BCUT2D eigenvalue weighted by Gasteiger charge is -2.16. The Balaban J connectivity index is 1.84. The van der Waals surface area contributed by atoms with Crippen LogP contribution in [-0.4, -0.2) is 42.6 Å². The molecule has 2 heterocycles. The van der Waals surface area contributed by atoms with Crippen molar-refractivity contribution in [3.8, 4) is 5.75 Å². The summed E-state index contributed by atoms with van der Waals surface area (Å²) in [4.78, 5) is 27.9. The molecule has 0 N–H and O–H groups in total. The fourth-order valence-corrected chi connectivity index (χ4v) is 4.03. The molecule has 3 rings (SSSR count). The third-order valence-electron chi connectivity index (χ3n) is 4.45. The number of amides is 2. The Morgan fingerprint density at radius 3 is 2.47 bits per heavy atom. The number of thioether (sulfide) groups is 1. The van der Waals surface area contributed by atoms with Crippen molar-refractivity contribution in [1.82, 2.24) is 4.90 Å². The SMILES string of the molecule is CCCOc1ccc(C2=C(SCc3ccco3)C(=O)N(CCOC(C)C)C2=O)cc1. The summed E-state index contributed by atoms with van der Waals surface area (Å²) >= 11 is 1.32. The Labute approximate surface area is 181 Å². The van der Waals surface area contributed by atoms with Crippen molar-refractivity contribution in [2.45, 2.75) is 39.0 Å². The molecule has 0 radical (unpaired) electrons. The molecule has 6 nitrogen and oxygen atoms in total. The summed E-state index contributed by atoms with van der Waals surface area (Å²) in [5.74, 6) is 1.38. The molecule has 0 atom stereocenters. The zero-order valence-electron chi connectivity index (χ0n) is 17.6. The molecule has 0 spiro atoms. The Kier molecular flexibility index (Phi) is 7.76. The van der Waals surface area contributed by atoms with E-state index in [9.17, 15) is 9.59 Å². The quantitative estimate of drug-likeness (QED) is 0.490. The van der Waals surface area contributed by atoms with E-state index in [4.69, 9.17) is 13.9 Å². The van der Waals surface area contributed by atoms with E-state index < -0.39 is 0 Å². The van der Waals surface area contributed by atoms with Gasteiger partial charge < -0.3 is 13.9 Å². The zero-order valence-corrected chi connectivity index (χ0v) is 18.4. The second kappa shape index (κ2) is 10.5. The monoisotopic (exact) mass is 429 g/mol. The van der Waals surface area contributed by atoms with Gasteiger partial charge in [0.15, 0.2) is 0 Å². The summed E-state index contributed by atoms with van der Waals surface area (Å²) in [5.41, 5.74) is 1.12. The summed E-state index contributed by atoms with van der Waals surface area (Å²) in [7, 11) is 0. The van der Waals surface area contributed by atoms with Crippen molar-refractivity contribution in [2.24, 2.45) is 0 Å². The lowest BCUT2D eigenvalue weighted by molar-refractivity contribution is -0.137. The molecule has 0 unspecified atom stereocenters. The molecule has 1 aliphatic rings. The van der Waals surface area contributed by atoms with E-state index in [0.717, 1.165) is 17.9 Å². The predicted molar refractivity (Wildman–Crippen MR) is 117 cm³/mol. The molecule has 0 fully saturated rings. The first-order chi connectivity index (χ1) is 14.5. The average molecular weight is 430 g/mol. The van der Waals surface area contributed by atoms with E-state index in [1.165, 1.54) is 16.7 Å². The van der Waals surface area contributed by atoms with Gasteiger partial charge in [-0.25, -0.2) is 0 Å². The normalized spacial score (nSPS) is 14.3. The number of hydrogen-bond donors (Lipinski definition) is 0. The van der Waals surface area contributed by atoms with Gasteiger partial charge in [-0.1, -0.05) is 19.1 Å². The van der Waals surface area contributed by atoms with Crippen molar-refractivity contribution >= 4 is 29.1 Å². The lowest BCUT2D eigenvalue weighted by Crippen LogP contribution is -2.35. The summed E-state index contributed by atoms with van der Waals surface area (Å²) < 4.78 is 16.6. The van der Waals surface area contributed by atoms with E-state index in [1.807, 2.05) is 51.1 Å². The van der Waals surface area contributed by atoms with Crippen molar-refractivity contribution < 1.29 is 23.5 Å². The number of imide groups is 1. The maximum atomic E-state index is 13.1. The highest BCUT2D eigenvalue weighted by Crippen LogP contribution is 2.38. The molecule has 0 saturated heterocycles. The van der Waals surface area contributed by atoms with Crippen LogP contribution in [0.3, 0.4) is 0 Å². The minimum absolute atomic E-state index is 0.0358. The Morgan fingerprint density at radius 1 is 1.07 bits per heavy atom. The third-order valence-corrected chi connectivity index (χ3v) is 5.54. The number of carbonyl (C=O) groups excluding carboxylic acids is 2. The highest BCUT2D eigenvalue weighted by atomic mass is 32.2. The second-order valence-electron chi connectivity index (χ2n) is 7.13. The maximum Gasteiger partial charge on any atom is 0.268 e. The molecule has 0 aliphatic carbocycles. The number of ether oxygens (including phenoxy) is 2. The van der Waals surface area contributed by atoms with Crippen molar-refractivity contribution in [3.63, 3.8) is 0 Å². The van der Waals surface area contributed by atoms with Crippen molar-refractivity contribution in [2.75, 3.05) is 19.8 Å². The van der Waals surface area contributed by atoms with Crippen molar-refractivity contribution in [3.05, 3.63) is 58.9 Å². The molecular weight excluding hydrogens is 402 g/mol. The smallest absolute Gasteiger partial charge is 0.268 e. The van der Waals surface area contributed by atoms with Crippen molar-refractivity contribution in [1.29, 1.82) is 0 Å². The Morgan fingerprint density at radius 2 is 1.83 bits per heavy atom. The molecule has 1 aromatic heterocycles. The number of nitrogens with zero attached hydrogens (tertiary/aromatic N) is 1. The van der Waals surface area contributed by atoms with E-state index in [0.29, 0.717) is 35.0 Å². The van der Waals surface area contributed by atoms with E-state index in [-0.39, 0.29) is 24.5 Å². The van der Waals surface area contributed by atoms with Crippen LogP contribution in [0.1, 0.15) is 38.5 Å². The number of benzene rings is 1. The molecule has 0 saturated carbocycles. The molecule has 30 heavy (non-hydrogen) atoms. The van der Waals surface area contributed by atoms with Crippen LogP contribution < -0.4 is 4.74 Å². The molecule has 7 heteroatoms. The number of hydrogen-bond acceptors (Lipinski definition) is 6. The molecule has 160 valence electrons. The van der Waals surface area contributed by atoms with E-state index >= 15 is 0 Å². The van der Waals surface area contributed by atoms with Gasteiger partial charge in [0.25, 0.3) is 11.8 Å². The second-order valence-corrected chi connectivity index (χ2v) is 8.11. The van der Waals surface area contributed by atoms with Gasteiger partial charge in [-0.3, -0.25) is 14.5 Å². The number of furan rings is 1. The minimum Gasteiger partial charge on any atom is -0.494 e. The van der Waals surface area contributed by atoms with Crippen LogP contribution in [0.2, 0.25) is 0 Å². The molecule has 1 aliphatic heterocycles. The molecule has 1 aromatic carbocycles. The Hall–Kier alpha value is -2.51. The van der Waals surface area contributed by atoms with Gasteiger partial charge in [-0.15, -0.1) is 11.8 Å². The summed E-state index contributed by atoms with van der Waals surface area (Å²) in [6.07, 6.45) is 2.55. The maximum absolute atomic E-state index is 13.1. The summed E-state index contributed by atoms with van der Waals surface area (Å²) in [6.45, 7) is 7.05. The van der Waals surface area contributed by atoms with Gasteiger partial charge in [0.05, 0.1) is 48.4 Å². The molecule has 2 aromatic rings. The van der Waals surface area contributed by atoms with Crippen LogP contribution in [-0.2, 0) is 20.1 Å². The van der Waals surface area contributed by atoms with Crippen LogP contribution >= 0.6 is 11.8 Å². The largest absolute Gasteiger partial charge is 0.494 e. The van der Waals surface area contributed by atoms with Crippen LogP contribution in [0.15, 0.2) is 52.0 Å². The Bertz CT molecular complexity index is 887. The van der Waals surface area contributed by atoms with E-state index in [2.05, 4.69) is 0 Å². The number of carbonyl (C=O) groups is 2. The highest BCUT2D eigenvalue weighted by Gasteiger charge is 2.39. The molecule has 0 bridgehead atoms. The fraction of sp³-hybridized carbons (Fsp3) is 0.391. The van der Waals surface area contributed by atoms with E-state index in [1.54, 1.807) is 12.3 Å². The zero-order chi connectivity index (χ0) is 21.5. The summed E-state index contributed by atoms with van der Waals surface area (Å²) in [5, 5.41) is 0. The third kappa shape index (κ3) is 5.34. The highest BCUT2D eigenvalue weighted by molar-refractivity contribution is 8.03. The first-order valence-electron chi connectivity index (χ1n) is 10.1. The van der Waals surface area contributed by atoms with Crippen LogP contribution in [0.25, 0.3) is 5.57 Å². The van der Waals surface area contributed by atoms with Crippen LogP contribution in [0, 0.1) is 0 Å². The minimum atomic E-state index is -0.295. The summed E-state index contributed by atoms with van der Waals surface area (Å²) in [6, 6.07) is 11.0. The topological polar surface area (TPSA) is 69.0 Å². The first-order valence-corrected chi connectivity index (χ1v) is 11.1. The standard InChI is InChI=1S/C23H27NO5S/c1-4-12-28-18-9-7-17(8-10-18)20-21(30-15-19-6-5-13-29-19)23(26)24(22(20)25)11-14-27-16(2)3/h5-10,13,16H,4,11-12,14-15H2,1-3H3. The van der Waals surface area contributed by atoms with Gasteiger partial charge >= 0.3 is 0 Å². The first kappa shape index (κ1) is 22.2. The van der Waals surface area contributed by atoms with Crippen LogP contribution in [0.4, 0.5) is 0 Å². The van der Waals surface area contributed by atoms with Gasteiger partial charge in [0.2, 0.25) is 0 Å². The molecular formula is C23H27NO5S. The van der Waals surface area contributed by atoms with Gasteiger partial charge in [-0.2, -0.15) is 0 Å². The van der Waals surface area contributed by atoms with Gasteiger partial charge in [0.1, 0.15) is 11.5 Å². The average Bonchev–Trinajstić information content (AvgIpc) is 3.33. The number of rotatable bonds is 11. The van der Waals surface area contributed by atoms with Gasteiger partial charge in [-0.05, 0) is 50.1 Å².